The van der Waals surface area contributed by atoms with E-state index in [1.54, 1.807) is 0 Å². The molecule has 0 saturated carbocycles. The van der Waals surface area contributed by atoms with Gasteiger partial charge in [0.1, 0.15) is 11.9 Å². The number of urea groups is 1. The average molecular weight is 358 g/mol. The highest BCUT2D eigenvalue weighted by Crippen LogP contribution is 2.18. The molecule has 2 N–H and O–H groups in total. The van der Waals surface area contributed by atoms with Crippen molar-refractivity contribution in [1.29, 1.82) is 0 Å². The maximum atomic E-state index is 13.1. The molecule has 21 heavy (non-hydrogen) atoms. The second-order valence-corrected chi connectivity index (χ2v) is 5.11. The predicted molar refractivity (Wildman–Crippen MR) is 74.4 cm³/mol. The number of imide groups is 1. The summed E-state index contributed by atoms with van der Waals surface area (Å²) in [7, 11) is 0. The van der Waals surface area contributed by atoms with Crippen LogP contribution in [0.25, 0.3) is 6.08 Å². The van der Waals surface area contributed by atoms with E-state index < -0.39 is 34.8 Å². The SMILES string of the molecule is O=C1NC(=O)C([N+](=O)[O-])C(/C=C\c2ccc(F)c(Br)c2)N1. The van der Waals surface area contributed by atoms with E-state index >= 15 is 0 Å². The van der Waals surface area contributed by atoms with Crippen LogP contribution in [0.2, 0.25) is 0 Å². The van der Waals surface area contributed by atoms with Crippen LogP contribution in [0.15, 0.2) is 28.7 Å². The van der Waals surface area contributed by atoms with E-state index in [9.17, 15) is 24.1 Å². The van der Waals surface area contributed by atoms with Crippen molar-refractivity contribution in [2.45, 2.75) is 12.1 Å². The normalized spacial score (nSPS) is 22.0. The van der Waals surface area contributed by atoms with E-state index in [-0.39, 0.29) is 4.47 Å². The van der Waals surface area contributed by atoms with Gasteiger partial charge in [-0.3, -0.25) is 20.2 Å². The van der Waals surface area contributed by atoms with Crippen molar-refractivity contribution in [2.24, 2.45) is 0 Å². The lowest BCUT2D eigenvalue weighted by Gasteiger charge is -2.23. The summed E-state index contributed by atoms with van der Waals surface area (Å²) in [6, 6.07) is 0.669. The number of nitrogens with one attached hydrogen (secondary N) is 2. The van der Waals surface area contributed by atoms with Crippen LogP contribution in [-0.4, -0.2) is 28.9 Å². The molecule has 0 aliphatic carbocycles. The lowest BCUT2D eigenvalue weighted by Crippen LogP contribution is -2.62. The molecule has 1 fully saturated rings. The smallest absolute Gasteiger partial charge is 0.322 e. The first kappa shape index (κ1) is 15.1. The summed E-state index contributed by atoms with van der Waals surface area (Å²) in [4.78, 5) is 32.8. The molecule has 1 aromatic rings. The van der Waals surface area contributed by atoms with Crippen LogP contribution in [0.5, 0.6) is 0 Å². The van der Waals surface area contributed by atoms with E-state index in [0.717, 1.165) is 0 Å². The molecule has 2 rings (SSSR count). The number of benzene rings is 1. The summed E-state index contributed by atoms with van der Waals surface area (Å²) in [6.45, 7) is 0. The van der Waals surface area contributed by atoms with Crippen LogP contribution in [-0.2, 0) is 4.79 Å². The first-order valence-corrected chi connectivity index (χ1v) is 6.56. The van der Waals surface area contributed by atoms with Crippen LogP contribution in [0.4, 0.5) is 9.18 Å². The van der Waals surface area contributed by atoms with E-state index in [1.807, 2.05) is 5.32 Å². The Morgan fingerprint density at radius 2 is 2.10 bits per heavy atom. The van der Waals surface area contributed by atoms with Crippen molar-refractivity contribution < 1.29 is 18.9 Å². The van der Waals surface area contributed by atoms with E-state index in [1.165, 1.54) is 30.4 Å². The molecule has 0 aromatic heterocycles. The molecule has 1 saturated heterocycles. The average Bonchev–Trinajstić information content (AvgIpc) is 2.38. The highest BCUT2D eigenvalue weighted by molar-refractivity contribution is 9.10. The molecule has 2 atom stereocenters. The Balaban J connectivity index is 2.23. The second kappa shape index (κ2) is 6.00. The van der Waals surface area contributed by atoms with E-state index in [2.05, 4.69) is 21.2 Å². The van der Waals surface area contributed by atoms with Gasteiger partial charge in [-0.2, -0.15) is 0 Å². The molecule has 1 aliphatic rings. The van der Waals surface area contributed by atoms with E-state index in [0.29, 0.717) is 5.56 Å². The molecule has 3 amide bonds. The fourth-order valence-corrected chi connectivity index (χ4v) is 2.22. The third kappa shape index (κ3) is 3.43. The maximum Gasteiger partial charge on any atom is 0.322 e. The van der Waals surface area contributed by atoms with Gasteiger partial charge < -0.3 is 5.32 Å². The molecule has 9 heteroatoms. The molecule has 2 unspecified atom stereocenters. The maximum absolute atomic E-state index is 13.1. The van der Waals surface area contributed by atoms with Gasteiger partial charge in [0.05, 0.1) is 4.47 Å². The zero-order valence-electron chi connectivity index (χ0n) is 10.4. The van der Waals surface area contributed by atoms with Gasteiger partial charge in [-0.1, -0.05) is 18.2 Å². The molecule has 0 radical (unpaired) electrons. The van der Waals surface area contributed by atoms with Crippen molar-refractivity contribution in [2.75, 3.05) is 0 Å². The van der Waals surface area contributed by atoms with Gasteiger partial charge in [-0.25, -0.2) is 9.18 Å². The molecule has 1 aromatic carbocycles. The topological polar surface area (TPSA) is 101 Å². The first-order chi connectivity index (χ1) is 9.88. The Bertz CT molecular complexity index is 649. The quantitative estimate of drug-likeness (QED) is 0.631. The second-order valence-electron chi connectivity index (χ2n) is 4.25. The number of nitrogens with zero attached hydrogens (tertiary/aromatic N) is 1. The lowest BCUT2D eigenvalue weighted by molar-refractivity contribution is -0.510. The Hall–Kier alpha value is -2.29. The summed E-state index contributed by atoms with van der Waals surface area (Å²) in [5, 5.41) is 15.0. The Labute approximate surface area is 126 Å². The van der Waals surface area contributed by atoms with Crippen molar-refractivity contribution >= 4 is 33.9 Å². The Morgan fingerprint density at radius 3 is 2.71 bits per heavy atom. The molecule has 7 nitrogen and oxygen atoms in total. The van der Waals surface area contributed by atoms with Gasteiger partial charge in [0.15, 0.2) is 0 Å². The Morgan fingerprint density at radius 1 is 1.38 bits per heavy atom. The minimum Gasteiger partial charge on any atom is -0.324 e. The van der Waals surface area contributed by atoms with Gasteiger partial charge in [0.25, 0.3) is 0 Å². The minimum atomic E-state index is -1.61. The van der Waals surface area contributed by atoms with E-state index in [4.69, 9.17) is 0 Å². The number of hydrogen-bond donors (Lipinski definition) is 2. The molecule has 1 aliphatic heterocycles. The van der Waals surface area contributed by atoms with Gasteiger partial charge >= 0.3 is 18.0 Å². The predicted octanol–water partition coefficient (Wildman–Crippen LogP) is 1.45. The third-order valence-electron chi connectivity index (χ3n) is 2.81. The molecule has 0 spiro atoms. The number of carbonyl (C=O) groups is 2. The van der Waals surface area contributed by atoms with Gasteiger partial charge in [0, 0.05) is 4.92 Å². The van der Waals surface area contributed by atoms with Crippen molar-refractivity contribution in [3.05, 3.63) is 50.2 Å². The summed E-state index contributed by atoms with van der Waals surface area (Å²) >= 11 is 3.02. The minimum absolute atomic E-state index is 0.237. The number of halogens is 2. The monoisotopic (exact) mass is 357 g/mol. The lowest BCUT2D eigenvalue weighted by atomic mass is 10.0. The largest absolute Gasteiger partial charge is 0.324 e. The summed E-state index contributed by atoms with van der Waals surface area (Å²) in [5.41, 5.74) is 0.561. The van der Waals surface area contributed by atoms with Crippen LogP contribution in [0.1, 0.15) is 5.56 Å². The zero-order valence-corrected chi connectivity index (χ0v) is 12.0. The fourth-order valence-electron chi connectivity index (χ4n) is 1.83. The molecule has 110 valence electrons. The number of carbonyl (C=O) groups excluding carboxylic acids is 2. The first-order valence-electron chi connectivity index (χ1n) is 5.76. The molecular formula is C12H9BrFN3O4. The zero-order chi connectivity index (χ0) is 15.6. The standard InChI is InChI=1S/C12H9BrFN3O4/c13-7-5-6(1-3-8(7)14)2-4-9-10(17(20)21)11(18)16-12(19)15-9/h1-5,9-10H,(H2,15,16,18,19)/b4-2-. The molecule has 0 bridgehead atoms. The summed E-state index contributed by atoms with van der Waals surface area (Å²) < 4.78 is 13.3. The van der Waals surface area contributed by atoms with Crippen molar-refractivity contribution in [1.82, 2.24) is 10.6 Å². The number of rotatable bonds is 3. The number of hydrogen-bond acceptors (Lipinski definition) is 4. The van der Waals surface area contributed by atoms with Crippen molar-refractivity contribution in [3.63, 3.8) is 0 Å². The van der Waals surface area contributed by atoms with Crippen LogP contribution in [0, 0.1) is 15.9 Å². The van der Waals surface area contributed by atoms with Crippen LogP contribution >= 0.6 is 15.9 Å². The summed E-state index contributed by atoms with van der Waals surface area (Å²) in [5.74, 6) is -1.42. The van der Waals surface area contributed by atoms with Gasteiger partial charge in [-0.05, 0) is 33.6 Å². The van der Waals surface area contributed by atoms with Crippen LogP contribution < -0.4 is 10.6 Å². The molecule has 1 heterocycles. The summed E-state index contributed by atoms with van der Waals surface area (Å²) in [6.07, 6.45) is 2.79. The molecular weight excluding hydrogens is 349 g/mol. The van der Waals surface area contributed by atoms with Crippen LogP contribution in [0.3, 0.4) is 0 Å². The third-order valence-corrected chi connectivity index (χ3v) is 3.42. The van der Waals surface area contributed by atoms with Gasteiger partial charge in [0.2, 0.25) is 0 Å². The Kier molecular flexibility index (Phi) is 4.32. The van der Waals surface area contributed by atoms with Crippen molar-refractivity contribution in [3.8, 4) is 0 Å². The number of amides is 3. The highest BCUT2D eigenvalue weighted by atomic mass is 79.9. The highest BCUT2D eigenvalue weighted by Gasteiger charge is 2.43. The fraction of sp³-hybridized carbons (Fsp3) is 0.167. The number of nitro groups is 1. The van der Waals surface area contributed by atoms with Gasteiger partial charge in [-0.15, -0.1) is 0 Å².